The van der Waals surface area contributed by atoms with Gasteiger partial charge in [0.1, 0.15) is 17.2 Å². The Labute approximate surface area is 92.0 Å². The van der Waals surface area contributed by atoms with Gasteiger partial charge in [0.15, 0.2) is 0 Å². The van der Waals surface area contributed by atoms with Crippen LogP contribution in [0.1, 0.15) is 16.8 Å². The summed E-state index contributed by atoms with van der Waals surface area (Å²) in [7, 11) is 0. The van der Waals surface area contributed by atoms with E-state index in [9.17, 15) is 9.18 Å². The standard InChI is InChI=1S/C11H11FN2O2/c12-8-6-9(11(15)16)10(13-7-8)14-4-2-1-3-5-14/h1-2,6-7H,3-5H2,(H,15,16). The topological polar surface area (TPSA) is 53.4 Å². The number of hydrogen-bond donors (Lipinski definition) is 1. The molecule has 0 spiro atoms. The maximum atomic E-state index is 12.9. The molecular formula is C11H11FN2O2. The molecule has 84 valence electrons. The minimum absolute atomic E-state index is 0.0877. The van der Waals surface area contributed by atoms with E-state index in [1.54, 1.807) is 0 Å². The van der Waals surface area contributed by atoms with Crippen molar-refractivity contribution < 1.29 is 14.3 Å². The quantitative estimate of drug-likeness (QED) is 0.773. The average Bonchev–Trinajstić information content (AvgIpc) is 2.30. The zero-order valence-corrected chi connectivity index (χ0v) is 8.56. The fourth-order valence-corrected chi connectivity index (χ4v) is 1.68. The first-order valence-electron chi connectivity index (χ1n) is 4.97. The Balaban J connectivity index is 2.39. The maximum absolute atomic E-state index is 12.9. The molecule has 0 radical (unpaired) electrons. The Morgan fingerprint density at radius 3 is 2.94 bits per heavy atom. The summed E-state index contributed by atoms with van der Waals surface area (Å²) in [6.07, 6.45) is 5.86. The van der Waals surface area contributed by atoms with E-state index in [0.29, 0.717) is 18.9 Å². The van der Waals surface area contributed by atoms with Gasteiger partial charge in [0.2, 0.25) is 0 Å². The molecule has 0 fully saturated rings. The molecule has 1 aliphatic rings. The summed E-state index contributed by atoms with van der Waals surface area (Å²) in [6.45, 7) is 1.31. The summed E-state index contributed by atoms with van der Waals surface area (Å²) in [4.78, 5) is 16.6. The van der Waals surface area contributed by atoms with Gasteiger partial charge >= 0.3 is 5.97 Å². The Morgan fingerprint density at radius 2 is 2.31 bits per heavy atom. The Morgan fingerprint density at radius 1 is 1.50 bits per heavy atom. The lowest BCUT2D eigenvalue weighted by atomic mass is 10.2. The molecule has 2 rings (SSSR count). The van der Waals surface area contributed by atoms with Gasteiger partial charge in [-0.2, -0.15) is 0 Å². The van der Waals surface area contributed by atoms with Crippen molar-refractivity contribution in [1.29, 1.82) is 0 Å². The number of rotatable bonds is 2. The van der Waals surface area contributed by atoms with Crippen molar-refractivity contribution in [2.75, 3.05) is 18.0 Å². The molecule has 0 atom stereocenters. The van der Waals surface area contributed by atoms with E-state index in [1.807, 2.05) is 17.1 Å². The minimum Gasteiger partial charge on any atom is -0.478 e. The second-order valence-electron chi connectivity index (χ2n) is 3.54. The number of anilines is 1. The van der Waals surface area contributed by atoms with Crippen molar-refractivity contribution in [2.24, 2.45) is 0 Å². The van der Waals surface area contributed by atoms with Gasteiger partial charge in [-0.05, 0) is 12.5 Å². The van der Waals surface area contributed by atoms with Crippen LogP contribution in [0, 0.1) is 5.82 Å². The average molecular weight is 222 g/mol. The summed E-state index contributed by atoms with van der Waals surface area (Å²) in [5.74, 6) is -1.46. The van der Waals surface area contributed by atoms with E-state index in [0.717, 1.165) is 18.7 Å². The third-order valence-electron chi connectivity index (χ3n) is 2.42. The van der Waals surface area contributed by atoms with Crippen LogP contribution >= 0.6 is 0 Å². The molecule has 0 aliphatic carbocycles. The summed E-state index contributed by atoms with van der Waals surface area (Å²) in [5, 5.41) is 8.97. The van der Waals surface area contributed by atoms with Gasteiger partial charge in [-0.15, -0.1) is 0 Å². The van der Waals surface area contributed by atoms with Crippen LogP contribution in [-0.2, 0) is 0 Å². The van der Waals surface area contributed by atoms with Crippen molar-refractivity contribution in [3.05, 3.63) is 35.8 Å². The lowest BCUT2D eigenvalue weighted by Crippen LogP contribution is -2.29. The van der Waals surface area contributed by atoms with Crippen molar-refractivity contribution in [2.45, 2.75) is 6.42 Å². The van der Waals surface area contributed by atoms with E-state index in [1.165, 1.54) is 0 Å². The molecular weight excluding hydrogens is 211 g/mol. The molecule has 0 bridgehead atoms. The van der Waals surface area contributed by atoms with Crippen LogP contribution in [0.2, 0.25) is 0 Å². The molecule has 2 heterocycles. The highest BCUT2D eigenvalue weighted by molar-refractivity contribution is 5.93. The monoisotopic (exact) mass is 222 g/mol. The Bertz CT molecular complexity index is 446. The molecule has 0 amide bonds. The van der Waals surface area contributed by atoms with E-state index in [-0.39, 0.29) is 5.56 Å². The van der Waals surface area contributed by atoms with Gasteiger partial charge in [-0.3, -0.25) is 0 Å². The molecule has 1 aromatic heterocycles. The van der Waals surface area contributed by atoms with Gasteiger partial charge in [-0.1, -0.05) is 12.2 Å². The normalized spacial score (nSPS) is 15.2. The van der Waals surface area contributed by atoms with Crippen LogP contribution in [0.4, 0.5) is 10.2 Å². The van der Waals surface area contributed by atoms with Crippen molar-refractivity contribution >= 4 is 11.8 Å². The first-order chi connectivity index (χ1) is 7.68. The maximum Gasteiger partial charge on any atom is 0.339 e. The van der Waals surface area contributed by atoms with E-state index >= 15 is 0 Å². The number of carboxylic acid groups (broad SMARTS) is 1. The number of carbonyl (C=O) groups is 1. The fourth-order valence-electron chi connectivity index (χ4n) is 1.68. The number of pyridine rings is 1. The highest BCUT2D eigenvalue weighted by Crippen LogP contribution is 2.20. The highest BCUT2D eigenvalue weighted by atomic mass is 19.1. The second-order valence-corrected chi connectivity index (χ2v) is 3.54. The predicted octanol–water partition coefficient (Wildman–Crippen LogP) is 1.69. The number of nitrogens with zero attached hydrogens (tertiary/aromatic N) is 2. The van der Waals surface area contributed by atoms with Crippen molar-refractivity contribution in [1.82, 2.24) is 4.98 Å². The van der Waals surface area contributed by atoms with Crippen LogP contribution in [0.25, 0.3) is 0 Å². The lowest BCUT2D eigenvalue weighted by Gasteiger charge is -2.25. The Kier molecular flexibility index (Phi) is 2.85. The third-order valence-corrected chi connectivity index (χ3v) is 2.42. The summed E-state index contributed by atoms with van der Waals surface area (Å²) >= 11 is 0. The zero-order valence-electron chi connectivity index (χ0n) is 8.56. The molecule has 0 aromatic carbocycles. The first-order valence-corrected chi connectivity index (χ1v) is 4.97. The Hall–Kier alpha value is -1.91. The molecule has 1 aliphatic heterocycles. The third kappa shape index (κ3) is 2.03. The summed E-state index contributed by atoms with van der Waals surface area (Å²) < 4.78 is 12.9. The molecule has 0 saturated heterocycles. The number of aromatic carboxylic acids is 1. The number of aromatic nitrogens is 1. The van der Waals surface area contributed by atoms with E-state index in [4.69, 9.17) is 5.11 Å². The van der Waals surface area contributed by atoms with Crippen LogP contribution < -0.4 is 4.90 Å². The lowest BCUT2D eigenvalue weighted by molar-refractivity contribution is 0.0696. The largest absolute Gasteiger partial charge is 0.478 e. The summed E-state index contributed by atoms with van der Waals surface area (Å²) in [6, 6.07) is 1.00. The molecule has 16 heavy (non-hydrogen) atoms. The number of halogens is 1. The first kappa shape index (κ1) is 10.6. The molecule has 0 saturated carbocycles. The molecule has 1 aromatic rings. The second kappa shape index (κ2) is 4.30. The van der Waals surface area contributed by atoms with Crippen LogP contribution in [0.15, 0.2) is 24.4 Å². The highest BCUT2D eigenvalue weighted by Gasteiger charge is 2.18. The van der Waals surface area contributed by atoms with E-state index in [2.05, 4.69) is 4.98 Å². The summed E-state index contributed by atoms with van der Waals surface area (Å²) in [5.41, 5.74) is -0.0877. The SMILES string of the molecule is O=C(O)c1cc(F)cnc1N1CC=CCC1. The van der Waals surface area contributed by atoms with Crippen molar-refractivity contribution in [3.8, 4) is 0 Å². The van der Waals surface area contributed by atoms with Gasteiger partial charge in [-0.25, -0.2) is 14.2 Å². The minimum atomic E-state index is -1.16. The molecule has 0 unspecified atom stereocenters. The zero-order chi connectivity index (χ0) is 11.5. The molecule has 1 N–H and O–H groups in total. The van der Waals surface area contributed by atoms with E-state index < -0.39 is 11.8 Å². The van der Waals surface area contributed by atoms with Crippen molar-refractivity contribution in [3.63, 3.8) is 0 Å². The number of carboxylic acids is 1. The van der Waals surface area contributed by atoms with Crippen LogP contribution in [0.3, 0.4) is 0 Å². The molecule has 5 heteroatoms. The van der Waals surface area contributed by atoms with Crippen LogP contribution in [0.5, 0.6) is 0 Å². The smallest absolute Gasteiger partial charge is 0.339 e. The van der Waals surface area contributed by atoms with Gasteiger partial charge in [0.25, 0.3) is 0 Å². The molecule has 4 nitrogen and oxygen atoms in total. The van der Waals surface area contributed by atoms with Gasteiger partial charge in [0.05, 0.1) is 6.20 Å². The van der Waals surface area contributed by atoms with Gasteiger partial charge in [0, 0.05) is 13.1 Å². The number of hydrogen-bond acceptors (Lipinski definition) is 3. The van der Waals surface area contributed by atoms with Crippen LogP contribution in [-0.4, -0.2) is 29.1 Å². The fraction of sp³-hybridized carbons (Fsp3) is 0.273. The predicted molar refractivity (Wildman–Crippen MR) is 57.1 cm³/mol. The van der Waals surface area contributed by atoms with Gasteiger partial charge < -0.3 is 10.0 Å².